The molecule has 1 saturated carbocycles. The molecule has 3 N–H and O–H groups in total. The number of esters is 1. The number of nitrogens with zero attached hydrogens (tertiary/aromatic N) is 3. The van der Waals surface area contributed by atoms with Crippen molar-refractivity contribution in [3.8, 4) is 5.75 Å². The number of aliphatic hydroxyl groups is 2. The van der Waals surface area contributed by atoms with Gasteiger partial charge in [-0.1, -0.05) is 30.3 Å². The third kappa shape index (κ3) is 3.03. The van der Waals surface area contributed by atoms with Gasteiger partial charge in [0.2, 0.25) is 0 Å². The number of piperidine rings is 3. The Morgan fingerprint density at radius 2 is 1.72 bits per heavy atom. The number of anilines is 2. The summed E-state index contributed by atoms with van der Waals surface area (Å²) in [6.07, 6.45) is 5.48. The van der Waals surface area contributed by atoms with E-state index in [-0.39, 0.29) is 41.6 Å². The Bertz CT molecular complexity index is 2090. The quantitative estimate of drug-likeness (QED) is 0.394. The molecular weight excluding hydrogens is 684 g/mol. The van der Waals surface area contributed by atoms with Crippen molar-refractivity contribution in [2.45, 2.75) is 98.4 Å². The standard InChI is InChI=1S/C43H50N4O7/c1-51-29-9-5-7-27-31(29)47-23-40(21-24-20-38-13-18-53-30(38)10-15-45-16-12-42(27,35(38)45)43(24,47)50)36-39(14-19-54-36)22-25(33(48)52-2)32-41(11-17-46(34(39)41)37(40)49)26-6-3-4-8-28(26)44-32/h3-9,24,30,34-37,44,49-50H,10-23H2,1-2H3/t24-,30-,34-,35-,36-,37-,38+,39-,40-,41-,42+,43+/m0/s1. The number of rotatable bonds is 2. The van der Waals surface area contributed by atoms with Crippen LogP contribution in [-0.4, -0.2) is 116 Å². The van der Waals surface area contributed by atoms with Gasteiger partial charge >= 0.3 is 5.97 Å². The molecule has 0 aromatic heterocycles. The molecule has 11 heteroatoms. The van der Waals surface area contributed by atoms with Gasteiger partial charge in [-0.15, -0.1) is 0 Å². The largest absolute Gasteiger partial charge is 0.495 e. The van der Waals surface area contributed by atoms with Crippen LogP contribution in [-0.2, 0) is 29.8 Å². The number of para-hydroxylation sites is 2. The number of fused-ring (bicyclic) bond motifs is 4. The molecule has 284 valence electrons. The predicted octanol–water partition coefficient (Wildman–Crippen LogP) is 3.48. The fourth-order valence-corrected chi connectivity index (χ4v) is 16.7. The molecule has 9 aliphatic heterocycles. The first-order valence-electron chi connectivity index (χ1n) is 20.5. The van der Waals surface area contributed by atoms with E-state index >= 15 is 0 Å². The molecule has 0 amide bonds. The normalized spacial score (nSPS) is 48.3. The van der Waals surface area contributed by atoms with Crippen molar-refractivity contribution in [1.82, 2.24) is 9.80 Å². The van der Waals surface area contributed by atoms with Crippen LogP contribution in [0.1, 0.15) is 62.5 Å². The second kappa shape index (κ2) is 9.84. The minimum atomic E-state index is -1.16. The molecule has 0 radical (unpaired) electrons. The van der Waals surface area contributed by atoms with Crippen molar-refractivity contribution in [3.05, 3.63) is 64.9 Å². The number of benzene rings is 2. The molecule has 7 saturated heterocycles. The van der Waals surface area contributed by atoms with Gasteiger partial charge in [-0.05, 0) is 81.2 Å². The molecule has 11 nitrogen and oxygen atoms in total. The third-order valence-electron chi connectivity index (χ3n) is 17.9. The molecule has 54 heavy (non-hydrogen) atoms. The van der Waals surface area contributed by atoms with Crippen LogP contribution >= 0.6 is 0 Å². The van der Waals surface area contributed by atoms with E-state index in [0.29, 0.717) is 38.1 Å². The monoisotopic (exact) mass is 734 g/mol. The van der Waals surface area contributed by atoms with E-state index in [1.807, 2.05) is 6.07 Å². The Hall–Kier alpha value is -3.19. The van der Waals surface area contributed by atoms with Crippen molar-refractivity contribution < 1.29 is 34.0 Å². The lowest BCUT2D eigenvalue weighted by molar-refractivity contribution is -0.276. The number of hydrogen-bond donors (Lipinski definition) is 3. The summed E-state index contributed by atoms with van der Waals surface area (Å²) < 4.78 is 25.6. The number of hydrogen-bond acceptors (Lipinski definition) is 11. The predicted molar refractivity (Wildman–Crippen MR) is 197 cm³/mol. The molecule has 13 rings (SSSR count). The highest BCUT2D eigenvalue weighted by molar-refractivity contribution is 5.93. The zero-order valence-corrected chi connectivity index (χ0v) is 31.2. The van der Waals surface area contributed by atoms with Crippen LogP contribution in [0.4, 0.5) is 11.4 Å². The van der Waals surface area contributed by atoms with Crippen LogP contribution in [0.25, 0.3) is 0 Å². The second-order valence-electron chi connectivity index (χ2n) is 19.0. The summed E-state index contributed by atoms with van der Waals surface area (Å²) in [4.78, 5) is 21.4. The molecule has 5 spiro atoms. The Balaban J connectivity index is 1.04. The zero-order valence-electron chi connectivity index (χ0n) is 31.2. The molecule has 8 fully saturated rings. The third-order valence-corrected chi connectivity index (χ3v) is 17.9. The Morgan fingerprint density at radius 3 is 2.59 bits per heavy atom. The number of methoxy groups -OCH3 is 2. The average Bonchev–Trinajstić information content (AvgIpc) is 4.04. The lowest BCUT2D eigenvalue weighted by Crippen LogP contribution is -2.82. The van der Waals surface area contributed by atoms with Crippen LogP contribution < -0.4 is 15.0 Å². The van der Waals surface area contributed by atoms with Gasteiger partial charge in [0.15, 0.2) is 5.72 Å². The summed E-state index contributed by atoms with van der Waals surface area (Å²) in [5.74, 6) is 0.350. The van der Waals surface area contributed by atoms with Gasteiger partial charge in [0.05, 0.1) is 53.9 Å². The molecule has 9 heterocycles. The van der Waals surface area contributed by atoms with Crippen molar-refractivity contribution in [2.24, 2.45) is 22.2 Å². The number of nitrogens with one attached hydrogen (secondary N) is 1. The molecule has 2 aromatic carbocycles. The molecule has 2 aromatic rings. The maximum atomic E-state index is 14.0. The second-order valence-corrected chi connectivity index (χ2v) is 19.0. The summed E-state index contributed by atoms with van der Waals surface area (Å²) in [7, 11) is 3.23. The maximum absolute atomic E-state index is 14.0. The van der Waals surface area contributed by atoms with Gasteiger partial charge in [0.25, 0.3) is 0 Å². The number of aliphatic hydroxyl groups excluding tert-OH is 1. The summed E-state index contributed by atoms with van der Waals surface area (Å²) in [6.45, 7) is 4.41. The van der Waals surface area contributed by atoms with Crippen LogP contribution in [0.5, 0.6) is 5.75 Å². The number of carbonyl (C=O) groups excluding carboxylic acids is 1. The first-order chi connectivity index (χ1) is 26.2. The molecule has 0 bridgehead atoms. The van der Waals surface area contributed by atoms with E-state index < -0.39 is 33.6 Å². The van der Waals surface area contributed by atoms with Gasteiger partial charge < -0.3 is 39.4 Å². The number of carbonyl (C=O) groups is 1. The first-order valence-corrected chi connectivity index (χ1v) is 20.5. The molecule has 11 aliphatic rings. The van der Waals surface area contributed by atoms with Gasteiger partial charge in [0.1, 0.15) is 12.0 Å². The van der Waals surface area contributed by atoms with Gasteiger partial charge in [-0.25, -0.2) is 4.79 Å². The Morgan fingerprint density at radius 1 is 0.907 bits per heavy atom. The van der Waals surface area contributed by atoms with Crippen LogP contribution in [0.3, 0.4) is 0 Å². The molecule has 0 unspecified atom stereocenters. The minimum Gasteiger partial charge on any atom is -0.495 e. The van der Waals surface area contributed by atoms with Gasteiger partial charge in [0, 0.05) is 73.1 Å². The smallest absolute Gasteiger partial charge is 0.335 e. The SMILES string of the molecule is COC(=O)C1=C2Nc3ccccc3[C@@]23CCN2[C@@H](O)[C@]4(C[C@@H]5C[C@]67CCO[C@H]6CCN6CC[C@@]8(c9cccc(OC)c9N(C4)[C@@]58O)[C@@H]67)[C@H]4OCC[C@]4(C1)[C@H]23. The highest BCUT2D eigenvalue weighted by atomic mass is 16.5. The van der Waals surface area contributed by atoms with Crippen molar-refractivity contribution in [3.63, 3.8) is 0 Å². The van der Waals surface area contributed by atoms with Crippen LogP contribution in [0, 0.1) is 22.2 Å². The first kappa shape index (κ1) is 32.0. The van der Waals surface area contributed by atoms with Crippen molar-refractivity contribution >= 4 is 17.3 Å². The van der Waals surface area contributed by atoms with Crippen molar-refractivity contribution in [1.29, 1.82) is 0 Å². The lowest BCUT2D eigenvalue weighted by Gasteiger charge is -2.71. The van der Waals surface area contributed by atoms with E-state index in [1.54, 1.807) is 7.11 Å². The highest BCUT2D eigenvalue weighted by Crippen LogP contribution is 2.78. The van der Waals surface area contributed by atoms with E-state index in [1.165, 1.54) is 18.2 Å². The summed E-state index contributed by atoms with van der Waals surface area (Å²) in [5, 5.41) is 31.2. The minimum absolute atomic E-state index is 0.0612. The number of ether oxygens (including phenoxy) is 4. The fraction of sp³-hybridized carbons (Fsp3) is 0.651. The molecular formula is C43H50N4O7. The summed E-state index contributed by atoms with van der Waals surface area (Å²) >= 11 is 0. The van der Waals surface area contributed by atoms with E-state index in [4.69, 9.17) is 18.9 Å². The fourth-order valence-electron chi connectivity index (χ4n) is 16.7. The average molecular weight is 735 g/mol. The summed E-state index contributed by atoms with van der Waals surface area (Å²) in [6, 6.07) is 15.0. The van der Waals surface area contributed by atoms with E-state index in [2.05, 4.69) is 56.4 Å². The van der Waals surface area contributed by atoms with Crippen molar-refractivity contribution in [2.75, 3.05) is 63.8 Å². The van der Waals surface area contributed by atoms with E-state index in [9.17, 15) is 15.0 Å². The molecule has 12 atom stereocenters. The zero-order chi connectivity index (χ0) is 36.2. The summed E-state index contributed by atoms with van der Waals surface area (Å²) in [5.41, 5.74) is 2.62. The molecule has 2 aliphatic carbocycles. The van der Waals surface area contributed by atoms with Crippen LogP contribution in [0.15, 0.2) is 53.7 Å². The van der Waals surface area contributed by atoms with Gasteiger partial charge in [-0.2, -0.15) is 0 Å². The Kier molecular flexibility index (Phi) is 5.82. The highest BCUT2D eigenvalue weighted by Gasteiger charge is 2.84. The Labute approximate surface area is 315 Å². The van der Waals surface area contributed by atoms with Gasteiger partial charge in [-0.3, -0.25) is 9.80 Å². The van der Waals surface area contributed by atoms with E-state index in [0.717, 1.165) is 81.0 Å². The maximum Gasteiger partial charge on any atom is 0.335 e. The van der Waals surface area contributed by atoms with Crippen LogP contribution in [0.2, 0.25) is 0 Å². The lowest BCUT2D eigenvalue weighted by atomic mass is 9.43. The topological polar surface area (TPSA) is 116 Å².